The normalized spacial score (nSPS) is 11.2. The zero-order chi connectivity index (χ0) is 17.1. The van der Waals surface area contributed by atoms with Gasteiger partial charge in [-0.15, -0.1) is 22.7 Å². The highest BCUT2D eigenvalue weighted by molar-refractivity contribution is 7.16. The van der Waals surface area contributed by atoms with Gasteiger partial charge in [-0.3, -0.25) is 10.1 Å². The highest BCUT2D eigenvalue weighted by Gasteiger charge is 2.10. The summed E-state index contributed by atoms with van der Waals surface area (Å²) in [5.41, 5.74) is 2.26. The topological polar surface area (TPSA) is 79.8 Å². The van der Waals surface area contributed by atoms with Gasteiger partial charge in [0.15, 0.2) is 0 Å². The number of non-ortho nitro benzene ring substituents is 1. The zero-order valence-electron chi connectivity index (χ0n) is 12.6. The van der Waals surface area contributed by atoms with E-state index in [4.69, 9.17) is 0 Å². The van der Waals surface area contributed by atoms with E-state index in [0.717, 1.165) is 21.0 Å². The Morgan fingerprint density at radius 3 is 2.88 bits per heavy atom. The smallest absolute Gasteiger partial charge is 0.258 e. The fourth-order valence-electron chi connectivity index (χ4n) is 2.12. The molecule has 5 nitrogen and oxygen atoms in total. The Kier molecular flexibility index (Phi) is 4.51. The lowest BCUT2D eigenvalue weighted by atomic mass is 10.1. The molecule has 0 fully saturated rings. The van der Waals surface area contributed by atoms with Crippen molar-refractivity contribution < 1.29 is 4.92 Å². The number of nitro groups is 1. The van der Waals surface area contributed by atoms with Gasteiger partial charge in [-0.05, 0) is 30.7 Å². The molecular weight excluding hydrogens is 342 g/mol. The average molecular weight is 353 g/mol. The fourth-order valence-corrected chi connectivity index (χ4v) is 3.83. The summed E-state index contributed by atoms with van der Waals surface area (Å²) in [7, 11) is 0. The summed E-state index contributed by atoms with van der Waals surface area (Å²) in [5, 5.41) is 22.8. The first-order valence-corrected chi connectivity index (χ1v) is 8.65. The van der Waals surface area contributed by atoms with Crippen molar-refractivity contribution in [1.82, 2.24) is 4.98 Å². The minimum atomic E-state index is -0.406. The van der Waals surface area contributed by atoms with Crippen molar-refractivity contribution in [3.8, 4) is 16.5 Å². The third kappa shape index (κ3) is 3.40. The van der Waals surface area contributed by atoms with Crippen molar-refractivity contribution in [2.24, 2.45) is 0 Å². The van der Waals surface area contributed by atoms with E-state index in [9.17, 15) is 15.4 Å². The molecule has 2 aromatic heterocycles. The van der Waals surface area contributed by atoms with Gasteiger partial charge in [0, 0.05) is 33.0 Å². The van der Waals surface area contributed by atoms with Gasteiger partial charge in [-0.25, -0.2) is 4.98 Å². The van der Waals surface area contributed by atoms with E-state index in [2.05, 4.69) is 11.1 Å². The molecular formula is C17H11N3O2S2. The van der Waals surface area contributed by atoms with Crippen LogP contribution in [0, 0.1) is 28.4 Å². The minimum Gasteiger partial charge on any atom is -0.258 e. The maximum atomic E-state index is 10.9. The van der Waals surface area contributed by atoms with Crippen LogP contribution in [-0.4, -0.2) is 9.91 Å². The molecule has 0 bridgehead atoms. The number of thiophene rings is 1. The lowest BCUT2D eigenvalue weighted by Crippen LogP contribution is -1.87. The Bertz CT molecular complexity index is 980. The largest absolute Gasteiger partial charge is 0.270 e. The standard InChI is InChI=1S/C17H11N3O2S2/c1-11-10-23-17(19-11)13(9-18)8-15-5-6-16(24-15)12-3-2-4-14(7-12)20(21)22/h2-8,10H,1H3/b13-8+. The average Bonchev–Trinajstić information content (AvgIpc) is 3.21. The molecule has 0 spiro atoms. The van der Waals surface area contributed by atoms with Crippen molar-refractivity contribution in [2.45, 2.75) is 6.92 Å². The number of hydrogen-bond donors (Lipinski definition) is 0. The van der Waals surface area contributed by atoms with Crippen LogP contribution < -0.4 is 0 Å². The molecule has 3 rings (SSSR count). The van der Waals surface area contributed by atoms with Crippen molar-refractivity contribution in [3.63, 3.8) is 0 Å². The van der Waals surface area contributed by atoms with Crippen molar-refractivity contribution >= 4 is 40.0 Å². The van der Waals surface area contributed by atoms with Gasteiger partial charge < -0.3 is 0 Å². The number of allylic oxidation sites excluding steroid dienone is 1. The summed E-state index contributed by atoms with van der Waals surface area (Å²) in [6, 6.07) is 12.5. The van der Waals surface area contributed by atoms with Crippen molar-refractivity contribution in [2.75, 3.05) is 0 Å². The molecule has 0 aliphatic rings. The lowest BCUT2D eigenvalue weighted by Gasteiger charge is -1.97. The van der Waals surface area contributed by atoms with Gasteiger partial charge in [0.05, 0.1) is 10.5 Å². The van der Waals surface area contributed by atoms with E-state index in [1.54, 1.807) is 18.2 Å². The van der Waals surface area contributed by atoms with Gasteiger partial charge >= 0.3 is 0 Å². The van der Waals surface area contributed by atoms with Gasteiger partial charge in [-0.2, -0.15) is 5.26 Å². The fraction of sp³-hybridized carbons (Fsp3) is 0.0588. The maximum Gasteiger partial charge on any atom is 0.270 e. The molecule has 0 saturated carbocycles. The molecule has 0 unspecified atom stereocenters. The van der Waals surface area contributed by atoms with Crippen LogP contribution in [0.15, 0.2) is 41.8 Å². The Morgan fingerprint density at radius 1 is 1.38 bits per heavy atom. The molecule has 3 aromatic rings. The van der Waals surface area contributed by atoms with Gasteiger partial charge in [0.1, 0.15) is 11.1 Å². The third-order valence-corrected chi connectivity index (χ3v) is 5.30. The number of hydrogen-bond acceptors (Lipinski definition) is 6. The molecule has 0 atom stereocenters. The number of rotatable bonds is 4. The molecule has 0 amide bonds. The van der Waals surface area contributed by atoms with E-state index in [1.807, 2.05) is 30.5 Å². The summed E-state index contributed by atoms with van der Waals surface area (Å²) in [4.78, 5) is 16.6. The van der Waals surface area contributed by atoms with E-state index in [0.29, 0.717) is 10.6 Å². The van der Waals surface area contributed by atoms with Gasteiger partial charge in [-0.1, -0.05) is 12.1 Å². The van der Waals surface area contributed by atoms with Crippen LogP contribution in [0.2, 0.25) is 0 Å². The number of nitrogens with zero attached hydrogens (tertiary/aromatic N) is 3. The SMILES string of the molecule is Cc1csc(/C(C#N)=C/c2ccc(-c3cccc([N+](=O)[O-])c3)s2)n1. The molecule has 2 heterocycles. The molecule has 0 aliphatic carbocycles. The van der Waals surface area contributed by atoms with Crippen LogP contribution in [0.3, 0.4) is 0 Å². The summed E-state index contributed by atoms with van der Waals surface area (Å²) in [6.45, 7) is 1.89. The van der Waals surface area contributed by atoms with E-state index >= 15 is 0 Å². The number of benzene rings is 1. The Balaban J connectivity index is 1.93. The molecule has 0 radical (unpaired) electrons. The van der Waals surface area contributed by atoms with Crippen LogP contribution in [0.1, 0.15) is 15.6 Å². The first kappa shape index (κ1) is 16.1. The number of aryl methyl sites for hydroxylation is 1. The molecule has 24 heavy (non-hydrogen) atoms. The quantitative estimate of drug-likeness (QED) is 0.369. The van der Waals surface area contributed by atoms with Gasteiger partial charge in [0.25, 0.3) is 5.69 Å². The van der Waals surface area contributed by atoms with E-state index in [-0.39, 0.29) is 5.69 Å². The number of nitro benzene ring substituents is 1. The Morgan fingerprint density at radius 2 is 2.21 bits per heavy atom. The molecule has 0 saturated heterocycles. The van der Waals surface area contributed by atoms with E-state index in [1.165, 1.54) is 28.7 Å². The maximum absolute atomic E-state index is 10.9. The molecule has 0 N–H and O–H groups in total. The monoisotopic (exact) mass is 353 g/mol. The number of thiazole rings is 1. The van der Waals surface area contributed by atoms with E-state index < -0.39 is 4.92 Å². The summed E-state index contributed by atoms with van der Waals surface area (Å²) < 4.78 is 0. The summed E-state index contributed by atoms with van der Waals surface area (Å²) in [6.07, 6.45) is 1.80. The highest BCUT2D eigenvalue weighted by Crippen LogP contribution is 2.32. The number of nitriles is 1. The second kappa shape index (κ2) is 6.74. The second-order valence-corrected chi connectivity index (χ2v) is 6.95. The summed E-state index contributed by atoms with van der Waals surface area (Å²) >= 11 is 2.92. The molecule has 118 valence electrons. The van der Waals surface area contributed by atoms with Crippen LogP contribution >= 0.6 is 22.7 Å². The minimum absolute atomic E-state index is 0.0639. The Hall–Kier alpha value is -2.82. The van der Waals surface area contributed by atoms with Crippen LogP contribution in [0.4, 0.5) is 5.69 Å². The van der Waals surface area contributed by atoms with Crippen molar-refractivity contribution in [1.29, 1.82) is 5.26 Å². The molecule has 1 aromatic carbocycles. The Labute approximate surface area is 146 Å². The number of aromatic nitrogens is 1. The first-order valence-electron chi connectivity index (χ1n) is 6.96. The third-order valence-electron chi connectivity index (χ3n) is 3.22. The van der Waals surface area contributed by atoms with Crippen LogP contribution in [0.5, 0.6) is 0 Å². The first-order chi connectivity index (χ1) is 11.6. The highest BCUT2D eigenvalue weighted by atomic mass is 32.1. The van der Waals surface area contributed by atoms with Gasteiger partial charge in [0.2, 0.25) is 0 Å². The predicted molar refractivity (Wildman–Crippen MR) is 96.7 cm³/mol. The second-order valence-electron chi connectivity index (χ2n) is 4.97. The summed E-state index contributed by atoms with van der Waals surface area (Å²) in [5.74, 6) is 0. The molecule has 0 aliphatic heterocycles. The van der Waals surface area contributed by atoms with Crippen molar-refractivity contribution in [3.05, 3.63) is 67.5 Å². The zero-order valence-corrected chi connectivity index (χ0v) is 14.2. The lowest BCUT2D eigenvalue weighted by molar-refractivity contribution is -0.384. The van der Waals surface area contributed by atoms with Crippen LogP contribution in [0.25, 0.3) is 22.1 Å². The predicted octanol–water partition coefficient (Wildman–Crippen LogP) is 5.15. The van der Waals surface area contributed by atoms with Crippen LogP contribution in [-0.2, 0) is 0 Å². The molecule has 7 heteroatoms.